The molecule has 2 bridgehead atoms. The molecular formula is C18H33NO4. The maximum Gasteiger partial charge on any atom is 0.310 e. The van der Waals surface area contributed by atoms with Crippen LogP contribution in [-0.2, 0) is 14.3 Å². The second-order valence-corrected chi connectivity index (χ2v) is 7.32. The SMILES string of the molecule is CCCCCCC(C)C(=O)O[C@@]12CC[C@H](C[C@H]1O)[C@@H](COC)N2. The third-order valence-electron chi connectivity index (χ3n) is 5.47. The molecule has 0 aromatic rings. The molecule has 0 aromatic heterocycles. The van der Waals surface area contributed by atoms with Crippen LogP contribution in [-0.4, -0.2) is 42.7 Å². The van der Waals surface area contributed by atoms with Crippen LogP contribution < -0.4 is 5.32 Å². The van der Waals surface area contributed by atoms with Gasteiger partial charge in [-0.1, -0.05) is 39.5 Å². The van der Waals surface area contributed by atoms with Gasteiger partial charge in [0.15, 0.2) is 5.72 Å². The zero-order valence-electron chi connectivity index (χ0n) is 14.8. The molecule has 0 amide bonds. The van der Waals surface area contributed by atoms with Gasteiger partial charge in [0, 0.05) is 19.6 Å². The fraction of sp³-hybridized carbons (Fsp3) is 0.944. The quantitative estimate of drug-likeness (QED) is 0.503. The van der Waals surface area contributed by atoms with Crippen LogP contribution in [0.5, 0.6) is 0 Å². The van der Waals surface area contributed by atoms with Crippen molar-refractivity contribution in [3.63, 3.8) is 0 Å². The summed E-state index contributed by atoms with van der Waals surface area (Å²) in [7, 11) is 1.68. The highest BCUT2D eigenvalue weighted by Crippen LogP contribution is 2.41. The number of fused-ring (bicyclic) bond motifs is 3. The highest BCUT2D eigenvalue weighted by atomic mass is 16.6. The van der Waals surface area contributed by atoms with E-state index in [-0.39, 0.29) is 17.9 Å². The second kappa shape index (κ2) is 8.45. The summed E-state index contributed by atoms with van der Waals surface area (Å²) in [5.74, 6) is 0.0947. The lowest BCUT2D eigenvalue weighted by molar-refractivity contribution is -0.217. The van der Waals surface area contributed by atoms with Crippen molar-refractivity contribution in [1.29, 1.82) is 0 Å². The number of aliphatic hydroxyl groups is 1. The summed E-state index contributed by atoms with van der Waals surface area (Å²) in [5.41, 5.74) is -0.910. The summed E-state index contributed by atoms with van der Waals surface area (Å²) in [5, 5.41) is 13.8. The van der Waals surface area contributed by atoms with Crippen molar-refractivity contribution in [2.45, 2.75) is 83.1 Å². The van der Waals surface area contributed by atoms with Gasteiger partial charge in [-0.25, -0.2) is 0 Å². The van der Waals surface area contributed by atoms with E-state index in [0.29, 0.717) is 25.4 Å². The van der Waals surface area contributed by atoms with Crippen LogP contribution in [0.1, 0.15) is 65.2 Å². The fourth-order valence-corrected chi connectivity index (χ4v) is 3.91. The fourth-order valence-electron chi connectivity index (χ4n) is 3.91. The molecule has 1 aliphatic carbocycles. The monoisotopic (exact) mass is 327 g/mol. The summed E-state index contributed by atoms with van der Waals surface area (Å²) < 4.78 is 11.1. The predicted molar refractivity (Wildman–Crippen MR) is 88.9 cm³/mol. The molecule has 0 radical (unpaired) electrons. The minimum absolute atomic E-state index is 0.115. The van der Waals surface area contributed by atoms with Crippen molar-refractivity contribution >= 4 is 5.97 Å². The van der Waals surface area contributed by atoms with E-state index in [4.69, 9.17) is 9.47 Å². The maximum absolute atomic E-state index is 12.5. The summed E-state index contributed by atoms with van der Waals surface area (Å²) >= 11 is 0. The number of piperidine rings is 2. The largest absolute Gasteiger partial charge is 0.441 e. The number of unbranched alkanes of at least 4 members (excludes halogenated alkanes) is 3. The highest BCUT2D eigenvalue weighted by molar-refractivity contribution is 5.72. The average molecular weight is 327 g/mol. The van der Waals surface area contributed by atoms with Gasteiger partial charge >= 0.3 is 5.97 Å². The van der Waals surface area contributed by atoms with Gasteiger partial charge in [-0.2, -0.15) is 0 Å². The number of aliphatic hydroxyl groups excluding tert-OH is 1. The maximum atomic E-state index is 12.5. The van der Waals surface area contributed by atoms with Crippen LogP contribution in [0.15, 0.2) is 0 Å². The zero-order valence-corrected chi connectivity index (χ0v) is 14.8. The van der Waals surface area contributed by atoms with Crippen molar-refractivity contribution in [2.75, 3.05) is 13.7 Å². The number of esters is 1. The van der Waals surface area contributed by atoms with Crippen molar-refractivity contribution in [3.05, 3.63) is 0 Å². The Morgan fingerprint density at radius 3 is 2.83 bits per heavy atom. The minimum atomic E-state index is -0.910. The molecule has 1 saturated carbocycles. The molecule has 3 fully saturated rings. The highest BCUT2D eigenvalue weighted by Gasteiger charge is 2.54. The number of rotatable bonds is 9. The van der Waals surface area contributed by atoms with Gasteiger partial charge in [-0.15, -0.1) is 0 Å². The van der Waals surface area contributed by atoms with Crippen LogP contribution in [0.3, 0.4) is 0 Å². The van der Waals surface area contributed by atoms with E-state index in [1.54, 1.807) is 7.11 Å². The van der Waals surface area contributed by atoms with E-state index in [1.165, 1.54) is 12.8 Å². The van der Waals surface area contributed by atoms with Gasteiger partial charge in [-0.3, -0.25) is 10.1 Å². The minimum Gasteiger partial charge on any atom is -0.441 e. The van der Waals surface area contributed by atoms with Gasteiger partial charge < -0.3 is 14.6 Å². The van der Waals surface area contributed by atoms with Gasteiger partial charge in [0.25, 0.3) is 0 Å². The van der Waals surface area contributed by atoms with E-state index in [2.05, 4.69) is 12.2 Å². The second-order valence-electron chi connectivity index (χ2n) is 7.32. The molecule has 2 aliphatic heterocycles. The van der Waals surface area contributed by atoms with E-state index in [9.17, 15) is 9.90 Å². The van der Waals surface area contributed by atoms with Gasteiger partial charge in [-0.05, 0) is 25.2 Å². The van der Waals surface area contributed by atoms with Crippen molar-refractivity contribution < 1.29 is 19.4 Å². The van der Waals surface area contributed by atoms with Gasteiger partial charge in [0.05, 0.1) is 12.5 Å². The number of nitrogens with one attached hydrogen (secondary N) is 1. The predicted octanol–water partition coefficient (Wildman–Crippen LogP) is 2.61. The topological polar surface area (TPSA) is 67.8 Å². The smallest absolute Gasteiger partial charge is 0.310 e. The van der Waals surface area contributed by atoms with Crippen LogP contribution in [0.2, 0.25) is 0 Å². The normalized spacial score (nSPS) is 34.3. The molecule has 5 atom stereocenters. The van der Waals surface area contributed by atoms with Crippen LogP contribution in [0.4, 0.5) is 0 Å². The number of carbonyl (C=O) groups excluding carboxylic acids is 1. The molecule has 1 unspecified atom stereocenters. The van der Waals surface area contributed by atoms with E-state index in [0.717, 1.165) is 25.7 Å². The Hall–Kier alpha value is -0.650. The lowest BCUT2D eigenvalue weighted by Crippen LogP contribution is -2.70. The molecule has 134 valence electrons. The summed E-state index contributed by atoms with van der Waals surface area (Å²) in [6.45, 7) is 4.70. The number of ether oxygens (including phenoxy) is 2. The van der Waals surface area contributed by atoms with Crippen LogP contribution in [0.25, 0.3) is 0 Å². The summed E-state index contributed by atoms with van der Waals surface area (Å²) in [4.78, 5) is 12.5. The molecule has 2 heterocycles. The lowest BCUT2D eigenvalue weighted by atomic mass is 9.72. The first-order chi connectivity index (χ1) is 11.0. The van der Waals surface area contributed by atoms with E-state index < -0.39 is 11.8 Å². The number of hydrogen-bond donors (Lipinski definition) is 2. The van der Waals surface area contributed by atoms with E-state index in [1.807, 2.05) is 6.92 Å². The first-order valence-corrected chi connectivity index (χ1v) is 9.20. The third kappa shape index (κ3) is 4.46. The summed E-state index contributed by atoms with van der Waals surface area (Å²) in [6.07, 6.45) is 7.20. The average Bonchev–Trinajstić information content (AvgIpc) is 2.53. The van der Waals surface area contributed by atoms with Crippen LogP contribution >= 0.6 is 0 Å². The van der Waals surface area contributed by atoms with Crippen LogP contribution in [0, 0.1) is 11.8 Å². The van der Waals surface area contributed by atoms with E-state index >= 15 is 0 Å². The van der Waals surface area contributed by atoms with Crippen molar-refractivity contribution in [2.24, 2.45) is 11.8 Å². The Kier molecular flexibility index (Phi) is 6.86. The standard InChI is InChI=1S/C18H33NO4/c1-4-5-6-7-8-13(2)17(21)23-18-10-9-14(11-16(18)20)15(19-18)12-22-3/h13-16,19-20H,4-12H2,1-3H3/t13?,14-,15-,16-,18+/m1/s1. The molecule has 3 aliphatic rings. The number of hydrogen-bond acceptors (Lipinski definition) is 5. The van der Waals surface area contributed by atoms with Crippen molar-refractivity contribution in [3.8, 4) is 0 Å². The Morgan fingerprint density at radius 2 is 2.17 bits per heavy atom. The lowest BCUT2D eigenvalue weighted by Gasteiger charge is -2.53. The zero-order chi connectivity index (χ0) is 16.9. The Morgan fingerprint density at radius 1 is 1.39 bits per heavy atom. The Bertz CT molecular complexity index is 389. The first kappa shape index (κ1) is 18.7. The van der Waals surface area contributed by atoms with Gasteiger partial charge in [0.2, 0.25) is 0 Å². The Balaban J connectivity index is 1.89. The molecule has 0 spiro atoms. The molecule has 5 nitrogen and oxygen atoms in total. The molecule has 0 aromatic carbocycles. The Labute approximate surface area is 140 Å². The number of methoxy groups -OCH3 is 1. The number of carbonyl (C=O) groups is 1. The molecule has 2 N–H and O–H groups in total. The molecule has 2 saturated heterocycles. The van der Waals surface area contributed by atoms with Crippen molar-refractivity contribution in [1.82, 2.24) is 5.32 Å². The molecular weight excluding hydrogens is 294 g/mol. The molecule has 23 heavy (non-hydrogen) atoms. The molecule has 3 rings (SSSR count). The summed E-state index contributed by atoms with van der Waals surface area (Å²) in [6, 6.07) is 0.157. The third-order valence-corrected chi connectivity index (χ3v) is 5.47. The first-order valence-electron chi connectivity index (χ1n) is 9.20. The molecule has 5 heteroatoms. The van der Waals surface area contributed by atoms with Gasteiger partial charge in [0.1, 0.15) is 6.10 Å².